The number of halogens is 1. The van der Waals surface area contributed by atoms with Crippen molar-refractivity contribution in [2.45, 2.75) is 26.1 Å². The van der Waals surface area contributed by atoms with Gasteiger partial charge in [-0.2, -0.15) is 0 Å². The topological polar surface area (TPSA) is 21.3 Å². The highest BCUT2D eigenvalue weighted by atomic mass is 19.1. The van der Waals surface area contributed by atoms with Gasteiger partial charge in [-0.15, -0.1) is 0 Å². The first kappa shape index (κ1) is 14.7. The van der Waals surface area contributed by atoms with Crippen LogP contribution in [0.15, 0.2) is 48.5 Å². The average molecular weight is 273 g/mol. The van der Waals surface area contributed by atoms with Crippen LogP contribution in [0.25, 0.3) is 0 Å². The Morgan fingerprint density at radius 2 is 1.70 bits per heavy atom. The Hall–Kier alpha value is -1.71. The summed E-state index contributed by atoms with van der Waals surface area (Å²) in [7, 11) is 1.69. The van der Waals surface area contributed by atoms with Gasteiger partial charge in [0.25, 0.3) is 0 Å². The highest BCUT2D eigenvalue weighted by Crippen LogP contribution is 2.16. The Kier molecular flexibility index (Phi) is 5.27. The second-order valence-corrected chi connectivity index (χ2v) is 4.87. The van der Waals surface area contributed by atoms with Crippen LogP contribution in [0, 0.1) is 5.82 Å². The number of hydrogen-bond acceptors (Lipinski definition) is 2. The van der Waals surface area contributed by atoms with E-state index >= 15 is 0 Å². The van der Waals surface area contributed by atoms with Crippen molar-refractivity contribution in [3.8, 4) is 0 Å². The second-order valence-electron chi connectivity index (χ2n) is 4.87. The van der Waals surface area contributed by atoms with Gasteiger partial charge in [0.15, 0.2) is 0 Å². The molecule has 0 heterocycles. The zero-order chi connectivity index (χ0) is 14.4. The third kappa shape index (κ3) is 3.89. The fraction of sp³-hybridized carbons (Fsp3) is 0.294. The van der Waals surface area contributed by atoms with Crippen molar-refractivity contribution in [3.63, 3.8) is 0 Å². The summed E-state index contributed by atoms with van der Waals surface area (Å²) in [5, 5.41) is 3.34. The highest BCUT2D eigenvalue weighted by molar-refractivity contribution is 5.23. The van der Waals surface area contributed by atoms with Gasteiger partial charge in [0, 0.05) is 25.3 Å². The van der Waals surface area contributed by atoms with Gasteiger partial charge in [0.2, 0.25) is 0 Å². The maximum absolute atomic E-state index is 13.6. The van der Waals surface area contributed by atoms with Crippen LogP contribution >= 0.6 is 0 Å². The van der Waals surface area contributed by atoms with E-state index in [4.69, 9.17) is 4.74 Å². The molecule has 0 radical (unpaired) electrons. The summed E-state index contributed by atoms with van der Waals surface area (Å²) < 4.78 is 18.7. The van der Waals surface area contributed by atoms with Crippen LogP contribution in [-0.4, -0.2) is 7.11 Å². The van der Waals surface area contributed by atoms with Gasteiger partial charge in [-0.25, -0.2) is 4.39 Å². The van der Waals surface area contributed by atoms with E-state index in [1.54, 1.807) is 13.2 Å². The van der Waals surface area contributed by atoms with E-state index < -0.39 is 0 Å². The highest BCUT2D eigenvalue weighted by Gasteiger charge is 2.09. The summed E-state index contributed by atoms with van der Waals surface area (Å²) in [5.74, 6) is -0.164. The van der Waals surface area contributed by atoms with Crippen LogP contribution in [-0.2, 0) is 17.9 Å². The Bertz CT molecular complexity index is 539. The molecule has 2 aromatic carbocycles. The van der Waals surface area contributed by atoms with Gasteiger partial charge in [0.1, 0.15) is 5.82 Å². The number of nitrogens with one attached hydrogen (secondary N) is 1. The smallest absolute Gasteiger partial charge is 0.127 e. The van der Waals surface area contributed by atoms with Gasteiger partial charge in [-0.05, 0) is 24.1 Å². The molecular formula is C17H20FNO. The van der Waals surface area contributed by atoms with Crippen LogP contribution in [0.2, 0.25) is 0 Å². The Morgan fingerprint density at radius 1 is 1.05 bits per heavy atom. The number of ether oxygens (including phenoxy) is 1. The van der Waals surface area contributed by atoms with E-state index in [0.29, 0.717) is 18.7 Å². The predicted molar refractivity (Wildman–Crippen MR) is 78.8 cm³/mol. The normalized spacial score (nSPS) is 12.3. The molecule has 1 N–H and O–H groups in total. The van der Waals surface area contributed by atoms with E-state index in [9.17, 15) is 4.39 Å². The third-order valence-corrected chi connectivity index (χ3v) is 3.32. The standard InChI is InChI=1S/C17H20FNO/c1-13(16-5-3-4-6-17(16)18)19-11-14-7-9-15(10-8-14)12-20-2/h3-10,13,19H,11-12H2,1-2H3/t13-/m1/s1. The first-order valence-electron chi connectivity index (χ1n) is 6.75. The first-order chi connectivity index (χ1) is 9.70. The van der Waals surface area contributed by atoms with E-state index in [1.165, 1.54) is 11.6 Å². The number of rotatable bonds is 6. The van der Waals surface area contributed by atoms with Crippen LogP contribution < -0.4 is 5.32 Å². The molecule has 0 unspecified atom stereocenters. The van der Waals surface area contributed by atoms with E-state index in [-0.39, 0.29) is 11.9 Å². The quantitative estimate of drug-likeness (QED) is 0.864. The van der Waals surface area contributed by atoms with E-state index in [1.807, 2.05) is 31.2 Å². The summed E-state index contributed by atoms with van der Waals surface area (Å²) >= 11 is 0. The molecule has 1 atom stereocenters. The Balaban J connectivity index is 1.93. The number of benzene rings is 2. The lowest BCUT2D eigenvalue weighted by Gasteiger charge is -2.15. The minimum Gasteiger partial charge on any atom is -0.380 e. The van der Waals surface area contributed by atoms with Crippen molar-refractivity contribution in [2.75, 3.05) is 7.11 Å². The van der Waals surface area contributed by atoms with Crippen molar-refractivity contribution >= 4 is 0 Å². The summed E-state index contributed by atoms with van der Waals surface area (Å²) in [5.41, 5.74) is 3.02. The monoisotopic (exact) mass is 273 g/mol. The molecule has 106 valence electrons. The first-order valence-corrected chi connectivity index (χ1v) is 6.75. The molecule has 3 heteroatoms. The SMILES string of the molecule is COCc1ccc(CN[C@H](C)c2ccccc2F)cc1. The second kappa shape index (κ2) is 7.17. The molecule has 2 rings (SSSR count). The summed E-state index contributed by atoms with van der Waals surface area (Å²) in [6.45, 7) is 3.31. The van der Waals surface area contributed by atoms with Crippen molar-refractivity contribution in [2.24, 2.45) is 0 Å². The number of methoxy groups -OCH3 is 1. The molecule has 0 saturated carbocycles. The molecular weight excluding hydrogens is 253 g/mol. The lowest BCUT2D eigenvalue weighted by molar-refractivity contribution is 0.185. The molecule has 0 bridgehead atoms. The van der Waals surface area contributed by atoms with Gasteiger partial charge in [-0.3, -0.25) is 0 Å². The maximum atomic E-state index is 13.6. The Morgan fingerprint density at radius 3 is 2.35 bits per heavy atom. The molecule has 20 heavy (non-hydrogen) atoms. The average Bonchev–Trinajstić information content (AvgIpc) is 2.47. The third-order valence-electron chi connectivity index (χ3n) is 3.32. The summed E-state index contributed by atoms with van der Waals surface area (Å²) in [6.07, 6.45) is 0. The van der Waals surface area contributed by atoms with Gasteiger partial charge >= 0.3 is 0 Å². The predicted octanol–water partition coefficient (Wildman–Crippen LogP) is 3.82. The molecule has 0 amide bonds. The van der Waals surface area contributed by atoms with Crippen LogP contribution in [0.4, 0.5) is 4.39 Å². The molecule has 0 aliphatic carbocycles. The maximum Gasteiger partial charge on any atom is 0.127 e. The molecule has 0 aromatic heterocycles. The fourth-order valence-electron chi connectivity index (χ4n) is 2.13. The van der Waals surface area contributed by atoms with Gasteiger partial charge < -0.3 is 10.1 Å². The zero-order valence-electron chi connectivity index (χ0n) is 11.9. The molecule has 2 nitrogen and oxygen atoms in total. The number of hydrogen-bond donors (Lipinski definition) is 1. The molecule has 0 aliphatic heterocycles. The minimum absolute atomic E-state index is 0.0187. The summed E-state index contributed by atoms with van der Waals surface area (Å²) in [6, 6.07) is 15.1. The van der Waals surface area contributed by atoms with Crippen LogP contribution in [0.1, 0.15) is 29.7 Å². The zero-order valence-corrected chi connectivity index (χ0v) is 11.9. The molecule has 2 aromatic rings. The molecule has 0 spiro atoms. The van der Waals surface area contributed by atoms with Gasteiger partial charge in [-0.1, -0.05) is 42.5 Å². The van der Waals surface area contributed by atoms with Crippen LogP contribution in [0.3, 0.4) is 0 Å². The lowest BCUT2D eigenvalue weighted by atomic mass is 10.1. The summed E-state index contributed by atoms with van der Waals surface area (Å²) in [4.78, 5) is 0. The lowest BCUT2D eigenvalue weighted by Crippen LogP contribution is -2.19. The van der Waals surface area contributed by atoms with Gasteiger partial charge in [0.05, 0.1) is 6.61 Å². The van der Waals surface area contributed by atoms with Crippen molar-refractivity contribution in [1.29, 1.82) is 0 Å². The Labute approximate surface area is 119 Å². The molecule has 0 aliphatic rings. The molecule has 0 fully saturated rings. The van der Waals surface area contributed by atoms with E-state index in [0.717, 1.165) is 5.56 Å². The minimum atomic E-state index is -0.164. The van der Waals surface area contributed by atoms with Crippen molar-refractivity contribution in [3.05, 3.63) is 71.0 Å². The van der Waals surface area contributed by atoms with Crippen molar-refractivity contribution < 1.29 is 9.13 Å². The largest absolute Gasteiger partial charge is 0.380 e. The fourth-order valence-corrected chi connectivity index (χ4v) is 2.13. The molecule has 0 saturated heterocycles. The van der Waals surface area contributed by atoms with Crippen LogP contribution in [0.5, 0.6) is 0 Å². The van der Waals surface area contributed by atoms with E-state index in [2.05, 4.69) is 17.4 Å². The van der Waals surface area contributed by atoms with Crippen molar-refractivity contribution in [1.82, 2.24) is 5.32 Å².